The summed E-state index contributed by atoms with van der Waals surface area (Å²) in [6, 6.07) is 12.7. The Kier molecular flexibility index (Phi) is 9.01. The zero-order chi connectivity index (χ0) is 16.5. The maximum absolute atomic E-state index is 10.3. The second kappa shape index (κ2) is 10.2. The summed E-state index contributed by atoms with van der Waals surface area (Å²) in [7, 11) is 0. The Bertz CT molecular complexity index is 612. The van der Waals surface area contributed by atoms with E-state index in [2.05, 4.69) is 13.2 Å². The largest absolute Gasteiger partial charge is 2.00 e. The molecule has 5 heteroatoms. The van der Waals surface area contributed by atoms with E-state index in [1.807, 2.05) is 0 Å². The quantitative estimate of drug-likeness (QED) is 0.781. The molecule has 4 nitrogen and oxygen atoms in total. The molecule has 0 spiro atoms. The number of carbonyl (C=O) groups is 2. The second-order valence-electron chi connectivity index (χ2n) is 4.23. The summed E-state index contributed by atoms with van der Waals surface area (Å²) in [5.41, 5.74) is 2.18. The molecule has 0 unspecified atom stereocenters. The monoisotopic (exact) mass is 350 g/mol. The van der Waals surface area contributed by atoms with Crippen LogP contribution < -0.4 is 10.2 Å². The third kappa shape index (κ3) is 6.78. The van der Waals surface area contributed by atoms with Gasteiger partial charge in [-0.15, -0.1) is 0 Å². The predicted molar refractivity (Wildman–Crippen MR) is 81.7 cm³/mol. The molecule has 118 valence electrons. The number of hydrogen-bond donors (Lipinski definition) is 0. The van der Waals surface area contributed by atoms with E-state index in [9.17, 15) is 19.8 Å². The molecule has 2 aromatic rings. The second-order valence-corrected chi connectivity index (χ2v) is 4.23. The van der Waals surface area contributed by atoms with Gasteiger partial charge >= 0.3 is 17.1 Å². The van der Waals surface area contributed by atoms with Crippen molar-refractivity contribution in [3.8, 4) is 0 Å². The molecule has 0 aromatic heterocycles. The molecule has 0 saturated carbocycles. The Morgan fingerprint density at radius 2 is 0.957 bits per heavy atom. The number of hydrogen-bond acceptors (Lipinski definition) is 4. The Hall–Kier alpha value is -2.62. The molecular formula is C18H14FeO4. The predicted octanol–water partition coefficient (Wildman–Crippen LogP) is 1.38. The van der Waals surface area contributed by atoms with E-state index in [0.717, 1.165) is 11.1 Å². The van der Waals surface area contributed by atoms with Gasteiger partial charge < -0.3 is 19.8 Å². The van der Waals surface area contributed by atoms with Crippen molar-refractivity contribution in [2.24, 2.45) is 0 Å². The van der Waals surface area contributed by atoms with Gasteiger partial charge in [0.15, 0.2) is 0 Å². The van der Waals surface area contributed by atoms with Crippen LogP contribution >= 0.6 is 0 Å². The molecule has 0 amide bonds. The molecule has 2 aromatic carbocycles. The zero-order valence-electron chi connectivity index (χ0n) is 12.2. The summed E-state index contributed by atoms with van der Waals surface area (Å²) in [4.78, 5) is 20.5. The fourth-order valence-electron chi connectivity index (χ4n) is 1.51. The number of carbonyl (C=O) groups excluding carboxylic acids is 2. The van der Waals surface area contributed by atoms with Gasteiger partial charge in [-0.2, -0.15) is 0 Å². The molecule has 0 N–H and O–H groups in total. The maximum Gasteiger partial charge on any atom is 2.00 e. The standard InChI is InChI=1S/2C9H8O2.Fe/c2*1-2-7-3-5-8(6-4-7)9(10)11;/h2*2-6H,1H2,(H,10,11);/q;;+2/p-2. The van der Waals surface area contributed by atoms with Crippen molar-refractivity contribution < 1.29 is 36.9 Å². The molecule has 0 fully saturated rings. The third-order valence-corrected chi connectivity index (χ3v) is 2.76. The molecule has 0 aliphatic heterocycles. The van der Waals surface area contributed by atoms with Crippen molar-refractivity contribution in [2.75, 3.05) is 0 Å². The first-order valence-corrected chi connectivity index (χ1v) is 6.35. The summed E-state index contributed by atoms with van der Waals surface area (Å²) in [6.45, 7) is 7.08. The molecule has 0 heterocycles. The first-order valence-electron chi connectivity index (χ1n) is 6.35. The van der Waals surface area contributed by atoms with Crippen molar-refractivity contribution in [1.29, 1.82) is 0 Å². The Balaban J connectivity index is 0.000000403. The topological polar surface area (TPSA) is 80.3 Å². The summed E-state index contributed by atoms with van der Waals surface area (Å²) < 4.78 is 0. The van der Waals surface area contributed by atoms with E-state index in [-0.39, 0.29) is 28.2 Å². The van der Waals surface area contributed by atoms with Crippen molar-refractivity contribution in [3.63, 3.8) is 0 Å². The van der Waals surface area contributed by atoms with Crippen molar-refractivity contribution in [2.45, 2.75) is 0 Å². The summed E-state index contributed by atoms with van der Waals surface area (Å²) in [5.74, 6) is -2.30. The number of benzene rings is 2. The van der Waals surface area contributed by atoms with E-state index in [0.29, 0.717) is 0 Å². The van der Waals surface area contributed by atoms with Crippen LogP contribution in [0.25, 0.3) is 12.2 Å². The molecule has 0 bridgehead atoms. The van der Waals surface area contributed by atoms with Crippen LogP contribution in [0, 0.1) is 0 Å². The van der Waals surface area contributed by atoms with Crippen LogP contribution in [0.4, 0.5) is 0 Å². The van der Waals surface area contributed by atoms with Gasteiger partial charge in [-0.1, -0.05) is 73.8 Å². The molecule has 23 heavy (non-hydrogen) atoms. The Morgan fingerprint density at radius 1 is 0.696 bits per heavy atom. The van der Waals surface area contributed by atoms with Crippen LogP contribution in [-0.4, -0.2) is 11.9 Å². The number of aromatic carboxylic acids is 2. The molecule has 0 radical (unpaired) electrons. The van der Waals surface area contributed by atoms with Gasteiger partial charge in [0, 0.05) is 0 Å². The molecule has 0 atom stereocenters. The average Bonchev–Trinajstić information content (AvgIpc) is 2.55. The zero-order valence-corrected chi connectivity index (χ0v) is 13.3. The summed E-state index contributed by atoms with van der Waals surface area (Å²) in [6.07, 6.45) is 3.30. The smallest absolute Gasteiger partial charge is 0.545 e. The Labute approximate surface area is 145 Å². The van der Waals surface area contributed by atoms with Crippen LogP contribution in [-0.2, 0) is 17.1 Å². The van der Waals surface area contributed by atoms with Crippen LogP contribution in [0.2, 0.25) is 0 Å². The van der Waals surface area contributed by atoms with Gasteiger partial charge in [0.2, 0.25) is 0 Å². The summed E-state index contributed by atoms with van der Waals surface area (Å²) >= 11 is 0. The minimum Gasteiger partial charge on any atom is -0.545 e. The van der Waals surface area contributed by atoms with Crippen LogP contribution in [0.3, 0.4) is 0 Å². The van der Waals surface area contributed by atoms with Gasteiger partial charge in [-0.25, -0.2) is 0 Å². The third-order valence-electron chi connectivity index (χ3n) is 2.76. The molecule has 0 aliphatic carbocycles. The van der Waals surface area contributed by atoms with Crippen LogP contribution in [0.1, 0.15) is 31.8 Å². The van der Waals surface area contributed by atoms with Crippen LogP contribution in [0.15, 0.2) is 61.7 Å². The molecule has 2 rings (SSSR count). The first kappa shape index (κ1) is 20.4. The maximum atomic E-state index is 10.3. The fourth-order valence-corrected chi connectivity index (χ4v) is 1.51. The van der Waals surface area contributed by atoms with E-state index >= 15 is 0 Å². The van der Waals surface area contributed by atoms with Gasteiger partial charge in [-0.05, 0) is 22.3 Å². The number of carboxylic acid groups (broad SMARTS) is 2. The van der Waals surface area contributed by atoms with Gasteiger partial charge in [-0.3, -0.25) is 0 Å². The minimum atomic E-state index is -1.15. The van der Waals surface area contributed by atoms with Gasteiger partial charge in [0.05, 0.1) is 11.9 Å². The van der Waals surface area contributed by atoms with Crippen molar-refractivity contribution in [1.82, 2.24) is 0 Å². The SMILES string of the molecule is C=Cc1ccc(C(=O)[O-])cc1.C=Cc1ccc(C(=O)[O-])cc1.[Fe+2]. The number of carboxylic acids is 2. The molecule has 0 aliphatic rings. The minimum absolute atomic E-state index is 0. The molecular weight excluding hydrogens is 336 g/mol. The van der Waals surface area contributed by atoms with Crippen molar-refractivity contribution >= 4 is 24.1 Å². The summed E-state index contributed by atoms with van der Waals surface area (Å²) in [5, 5.41) is 20.5. The molecule has 0 saturated heterocycles. The fraction of sp³-hybridized carbons (Fsp3) is 0. The van der Waals surface area contributed by atoms with E-state index in [1.165, 1.54) is 24.3 Å². The van der Waals surface area contributed by atoms with Crippen LogP contribution in [0.5, 0.6) is 0 Å². The van der Waals surface area contributed by atoms with Gasteiger partial charge in [0.25, 0.3) is 0 Å². The first-order chi connectivity index (χ1) is 10.5. The Morgan fingerprint density at radius 3 is 1.13 bits per heavy atom. The average molecular weight is 350 g/mol. The van der Waals surface area contributed by atoms with E-state index in [4.69, 9.17) is 0 Å². The number of rotatable bonds is 4. The van der Waals surface area contributed by atoms with Crippen molar-refractivity contribution in [3.05, 3.63) is 83.9 Å². The van der Waals surface area contributed by atoms with Gasteiger partial charge in [0.1, 0.15) is 0 Å². The van der Waals surface area contributed by atoms with E-state index in [1.54, 1.807) is 36.4 Å². The van der Waals surface area contributed by atoms with E-state index < -0.39 is 11.9 Å². The normalized spacial score (nSPS) is 8.70.